The lowest BCUT2D eigenvalue weighted by Gasteiger charge is -2.30. The molecule has 1 aliphatic rings. The van der Waals surface area contributed by atoms with E-state index >= 15 is 17.6 Å². The fourth-order valence-electron chi connectivity index (χ4n) is 7.85. The number of nitrogens with one attached hydrogen (secondary N) is 1. The molecule has 1 aliphatic heterocycles. The molecule has 0 bridgehead atoms. The summed E-state index contributed by atoms with van der Waals surface area (Å²) in [5.74, 6) is 1.41. The first-order chi connectivity index (χ1) is 31.3. The summed E-state index contributed by atoms with van der Waals surface area (Å²) in [6, 6.07) is 22.8. The maximum absolute atomic E-state index is 17.6. The van der Waals surface area contributed by atoms with E-state index in [1.54, 1.807) is 67.8 Å². The molecule has 8 rings (SSSR count). The van der Waals surface area contributed by atoms with Crippen LogP contribution in [0.3, 0.4) is 0 Å². The van der Waals surface area contributed by atoms with E-state index in [1.807, 2.05) is 55.5 Å². The Labute approximate surface area is 382 Å². The number of aryl methyl sites for hydroxylation is 1. The quantitative estimate of drug-likeness (QED) is 0.0826. The number of methoxy groups -OCH3 is 3. The van der Waals surface area contributed by atoms with Crippen molar-refractivity contribution in [2.75, 3.05) is 49.6 Å². The average molecular weight is 930 g/mol. The molecule has 0 aliphatic carbocycles. The summed E-state index contributed by atoms with van der Waals surface area (Å²) in [7, 11) is 4.70. The number of aromatic nitrogens is 5. The first-order valence-corrected chi connectivity index (χ1v) is 21.1. The Balaban J connectivity index is 1.24. The third-order valence-corrected chi connectivity index (χ3v) is 11.6. The zero-order valence-electron chi connectivity index (χ0n) is 35.8. The molecule has 0 amide bonds. The minimum atomic E-state index is -4.99. The number of anilines is 3. The van der Waals surface area contributed by atoms with Gasteiger partial charge in [-0.2, -0.15) is 18.2 Å². The molecule has 3 aromatic heterocycles. The van der Waals surface area contributed by atoms with Crippen LogP contribution in [0.15, 0.2) is 91.3 Å². The molecule has 0 fully saturated rings. The predicted molar refractivity (Wildman–Crippen MR) is 242 cm³/mol. The number of rotatable bonds is 14. The summed E-state index contributed by atoms with van der Waals surface area (Å²) >= 11 is 13.7. The number of hydrogen-bond donors (Lipinski definition) is 1. The van der Waals surface area contributed by atoms with E-state index < -0.39 is 45.4 Å². The maximum atomic E-state index is 17.6. The van der Waals surface area contributed by atoms with Crippen LogP contribution in [0.2, 0.25) is 10.3 Å². The molecule has 65 heavy (non-hydrogen) atoms. The second kappa shape index (κ2) is 18.8. The average Bonchev–Trinajstić information content (AvgIpc) is 3.50. The Morgan fingerprint density at radius 2 is 1.38 bits per heavy atom. The number of alkyl halides is 3. The summed E-state index contributed by atoms with van der Waals surface area (Å²) in [6.45, 7) is 4.12. The summed E-state index contributed by atoms with van der Waals surface area (Å²) in [5.41, 5.74) is -0.0893. The molecule has 0 unspecified atom stereocenters. The fourth-order valence-corrected chi connectivity index (χ4v) is 8.34. The van der Waals surface area contributed by atoms with Gasteiger partial charge in [0.05, 0.1) is 61.1 Å². The van der Waals surface area contributed by atoms with Gasteiger partial charge in [-0.3, -0.25) is 4.98 Å². The van der Waals surface area contributed by atoms with Gasteiger partial charge >= 0.3 is 6.18 Å². The van der Waals surface area contributed by atoms with Crippen molar-refractivity contribution in [2.45, 2.75) is 45.7 Å². The molecule has 18 heteroatoms. The lowest BCUT2D eigenvalue weighted by atomic mass is 9.98. The highest BCUT2D eigenvalue weighted by Gasteiger charge is 2.41. The van der Waals surface area contributed by atoms with Crippen LogP contribution in [0.25, 0.3) is 22.2 Å². The minimum Gasteiger partial charge on any atom is -0.497 e. The van der Waals surface area contributed by atoms with Crippen LogP contribution >= 0.6 is 23.2 Å². The van der Waals surface area contributed by atoms with Crippen LogP contribution in [0.4, 0.5) is 35.0 Å². The van der Waals surface area contributed by atoms with Crippen molar-refractivity contribution in [3.05, 3.63) is 141 Å². The number of benzene rings is 4. The third-order valence-electron chi connectivity index (χ3n) is 11.1. The monoisotopic (exact) mass is 928 g/mol. The smallest absolute Gasteiger partial charge is 0.418 e. The molecule has 0 saturated heterocycles. The van der Waals surface area contributed by atoms with E-state index in [-0.39, 0.29) is 59.9 Å². The normalized spacial score (nSPS) is 12.9. The Hall–Kier alpha value is -6.65. The molecule has 7 aromatic rings. The van der Waals surface area contributed by atoms with Gasteiger partial charge in [-0.15, -0.1) is 0 Å². The standard InChI is InChI=1S/C47H42Cl2F4N8O4/c1-26-22-34(60(24-29-8-14-32(63-4)15-9-29)25-30-10-16-33(64-5)17-11-30)57-41(37(26)47(51,52)53)35-38(48)43-36-42(39(35)50)58-46(49)59-45(36)61(20-21-65-43)27(2)40-44(55-19-18-54-40)56-23-28-6-12-31(62-3)13-7-28/h6-19,22,27H,20-21,23-25H2,1-5H3,(H,55,56)/t27-/m1/s1. The van der Waals surface area contributed by atoms with Gasteiger partial charge in [-0.1, -0.05) is 48.0 Å². The van der Waals surface area contributed by atoms with E-state index in [0.29, 0.717) is 29.6 Å². The van der Waals surface area contributed by atoms with Crippen LogP contribution in [0.1, 0.15) is 46.5 Å². The molecule has 336 valence electrons. The number of halogens is 6. The van der Waals surface area contributed by atoms with Crippen LogP contribution < -0.4 is 34.1 Å². The minimum absolute atomic E-state index is 0.0173. The molecule has 0 saturated carbocycles. The van der Waals surface area contributed by atoms with Crippen LogP contribution in [0.5, 0.6) is 23.0 Å². The first kappa shape index (κ1) is 44.9. The lowest BCUT2D eigenvalue weighted by Crippen LogP contribution is -2.32. The van der Waals surface area contributed by atoms with Crippen molar-refractivity contribution < 1.29 is 36.5 Å². The number of nitrogens with zero attached hydrogens (tertiary/aromatic N) is 7. The summed E-state index contributed by atoms with van der Waals surface area (Å²) in [4.78, 5) is 26.2. The van der Waals surface area contributed by atoms with Gasteiger partial charge in [-0.05, 0) is 90.2 Å². The van der Waals surface area contributed by atoms with Crippen molar-refractivity contribution in [3.8, 4) is 34.3 Å². The Bertz CT molecular complexity index is 2790. The molecule has 4 aromatic carbocycles. The number of ether oxygens (including phenoxy) is 4. The van der Waals surface area contributed by atoms with E-state index in [1.165, 1.54) is 13.0 Å². The van der Waals surface area contributed by atoms with Gasteiger partial charge < -0.3 is 34.1 Å². The second-order valence-electron chi connectivity index (χ2n) is 15.2. The fraction of sp³-hybridized carbons (Fsp3) is 0.255. The first-order valence-electron chi connectivity index (χ1n) is 20.3. The highest BCUT2D eigenvalue weighted by Crippen LogP contribution is 2.51. The van der Waals surface area contributed by atoms with Crippen molar-refractivity contribution in [2.24, 2.45) is 0 Å². The van der Waals surface area contributed by atoms with Gasteiger partial charge in [-0.25, -0.2) is 19.3 Å². The van der Waals surface area contributed by atoms with Gasteiger partial charge in [0.2, 0.25) is 5.28 Å². The van der Waals surface area contributed by atoms with Gasteiger partial charge in [0, 0.05) is 32.0 Å². The van der Waals surface area contributed by atoms with E-state index in [2.05, 4.69) is 30.2 Å². The molecule has 0 radical (unpaired) electrons. The van der Waals surface area contributed by atoms with Crippen LogP contribution in [-0.2, 0) is 25.8 Å². The van der Waals surface area contributed by atoms with E-state index in [0.717, 1.165) is 22.4 Å². The van der Waals surface area contributed by atoms with Gasteiger partial charge in [0.1, 0.15) is 52.5 Å². The van der Waals surface area contributed by atoms with Crippen molar-refractivity contribution >= 4 is 51.6 Å². The molecule has 1 atom stereocenters. The van der Waals surface area contributed by atoms with E-state index in [9.17, 15) is 0 Å². The third kappa shape index (κ3) is 9.31. The molecule has 4 heterocycles. The second-order valence-corrected chi connectivity index (χ2v) is 15.9. The zero-order valence-corrected chi connectivity index (χ0v) is 37.3. The number of hydrogen-bond acceptors (Lipinski definition) is 12. The highest BCUT2D eigenvalue weighted by atomic mass is 35.5. The molecule has 12 nitrogen and oxygen atoms in total. The maximum Gasteiger partial charge on any atom is 0.418 e. The largest absolute Gasteiger partial charge is 0.497 e. The van der Waals surface area contributed by atoms with E-state index in [4.69, 9.17) is 42.1 Å². The van der Waals surface area contributed by atoms with Gasteiger partial charge in [0.15, 0.2) is 11.6 Å². The Morgan fingerprint density at radius 3 is 1.95 bits per heavy atom. The predicted octanol–water partition coefficient (Wildman–Crippen LogP) is 11.1. The molecule has 0 spiro atoms. The lowest BCUT2D eigenvalue weighted by molar-refractivity contribution is -0.137. The summed E-state index contributed by atoms with van der Waals surface area (Å²) < 4.78 is 85.6. The van der Waals surface area contributed by atoms with Crippen LogP contribution in [0, 0.1) is 12.7 Å². The van der Waals surface area contributed by atoms with Crippen molar-refractivity contribution in [1.29, 1.82) is 0 Å². The van der Waals surface area contributed by atoms with Gasteiger partial charge in [0.25, 0.3) is 0 Å². The Morgan fingerprint density at radius 1 is 0.815 bits per heavy atom. The SMILES string of the molecule is COc1ccc(CNc2nccnc2[C@@H](C)N2CCOc3c(Cl)c(-c4nc(N(Cc5ccc(OC)cc5)Cc5ccc(OC)cc5)cc(C)c4C(F)(F)F)c(F)c4nc(Cl)nc2c34)cc1. The summed E-state index contributed by atoms with van der Waals surface area (Å²) in [5, 5.41) is 2.56. The highest BCUT2D eigenvalue weighted by molar-refractivity contribution is 6.37. The molecule has 1 N–H and O–H groups in total. The van der Waals surface area contributed by atoms with Crippen molar-refractivity contribution in [1.82, 2.24) is 24.9 Å². The Kier molecular flexibility index (Phi) is 13.0. The topological polar surface area (TPSA) is 120 Å². The molecular weight excluding hydrogens is 887 g/mol. The summed E-state index contributed by atoms with van der Waals surface area (Å²) in [6.07, 6.45) is -1.88. The molecular formula is C47H42Cl2F4N8O4. The van der Waals surface area contributed by atoms with Crippen LogP contribution in [-0.4, -0.2) is 59.4 Å². The van der Waals surface area contributed by atoms with Crippen molar-refractivity contribution in [3.63, 3.8) is 0 Å². The number of pyridine rings is 1. The zero-order chi connectivity index (χ0) is 46.0.